The van der Waals surface area contributed by atoms with E-state index in [-0.39, 0.29) is 11.5 Å². The van der Waals surface area contributed by atoms with Crippen LogP contribution < -0.4 is 5.32 Å². The smallest absolute Gasteiger partial charge is 0.416 e. The fourth-order valence-corrected chi connectivity index (χ4v) is 2.69. The molecule has 2 rings (SSSR count). The highest BCUT2D eigenvalue weighted by molar-refractivity contribution is 5.95. The molecule has 1 amide bonds. The van der Waals surface area contributed by atoms with Crippen LogP contribution in [0.25, 0.3) is 6.08 Å². The predicted molar refractivity (Wildman–Crippen MR) is 105 cm³/mol. The molecule has 0 heterocycles. The van der Waals surface area contributed by atoms with Crippen molar-refractivity contribution in [3.63, 3.8) is 0 Å². The molecular weight excluding hydrogens is 383 g/mol. The first-order valence-electron chi connectivity index (χ1n) is 8.99. The molecule has 0 radical (unpaired) electrons. The zero-order chi connectivity index (χ0) is 21.6. The number of alkyl halides is 3. The Balaban J connectivity index is 1.95. The molecule has 1 N–H and O–H groups in total. The molecule has 0 saturated heterocycles. The number of para-hydroxylation sites is 1. The van der Waals surface area contributed by atoms with E-state index in [1.54, 1.807) is 0 Å². The van der Waals surface area contributed by atoms with Gasteiger partial charge in [-0.15, -0.1) is 0 Å². The summed E-state index contributed by atoms with van der Waals surface area (Å²) in [6.07, 6.45) is -2.28. The fraction of sp³-hybridized carbons (Fsp3) is 0.273. The number of rotatable bonds is 6. The van der Waals surface area contributed by atoms with Gasteiger partial charge < -0.3 is 10.1 Å². The minimum Gasteiger partial charge on any atom is -0.452 e. The number of amides is 1. The van der Waals surface area contributed by atoms with Crippen LogP contribution in [0.5, 0.6) is 0 Å². The number of benzene rings is 2. The lowest BCUT2D eigenvalue weighted by atomic mass is 9.98. The van der Waals surface area contributed by atoms with Crippen LogP contribution in [0.2, 0.25) is 0 Å². The molecule has 0 fully saturated rings. The van der Waals surface area contributed by atoms with E-state index in [1.165, 1.54) is 18.2 Å². The van der Waals surface area contributed by atoms with Crippen LogP contribution in [0.3, 0.4) is 0 Å². The normalized spacial score (nSPS) is 11.7. The summed E-state index contributed by atoms with van der Waals surface area (Å²) in [7, 11) is 0. The van der Waals surface area contributed by atoms with E-state index in [0.717, 1.165) is 29.3 Å². The number of hydrogen-bond acceptors (Lipinski definition) is 3. The van der Waals surface area contributed by atoms with Gasteiger partial charge in [-0.2, -0.15) is 13.2 Å². The lowest BCUT2D eigenvalue weighted by Crippen LogP contribution is -2.21. The van der Waals surface area contributed by atoms with Crippen molar-refractivity contribution in [2.45, 2.75) is 32.9 Å². The van der Waals surface area contributed by atoms with Crippen LogP contribution in [0, 0.1) is 6.92 Å². The molecule has 29 heavy (non-hydrogen) atoms. The second-order valence-corrected chi connectivity index (χ2v) is 6.81. The monoisotopic (exact) mass is 405 g/mol. The van der Waals surface area contributed by atoms with E-state index in [0.29, 0.717) is 5.69 Å². The van der Waals surface area contributed by atoms with Crippen LogP contribution in [-0.4, -0.2) is 18.5 Å². The molecule has 4 nitrogen and oxygen atoms in total. The highest BCUT2D eigenvalue weighted by atomic mass is 19.4. The van der Waals surface area contributed by atoms with Crippen molar-refractivity contribution < 1.29 is 27.5 Å². The van der Waals surface area contributed by atoms with Gasteiger partial charge in [0.1, 0.15) is 0 Å². The number of aryl methyl sites for hydroxylation is 1. The fourth-order valence-electron chi connectivity index (χ4n) is 2.69. The Labute approximate surface area is 167 Å². The molecule has 2 aromatic rings. The van der Waals surface area contributed by atoms with Crippen molar-refractivity contribution in [3.05, 3.63) is 70.8 Å². The summed E-state index contributed by atoms with van der Waals surface area (Å²) in [6, 6.07) is 10.2. The number of ether oxygens (including phenoxy) is 1. The van der Waals surface area contributed by atoms with Gasteiger partial charge in [0.2, 0.25) is 0 Å². The maximum Gasteiger partial charge on any atom is 0.416 e. The molecular formula is C22H22F3NO3. The van der Waals surface area contributed by atoms with E-state index in [4.69, 9.17) is 4.74 Å². The minimum atomic E-state index is -4.47. The summed E-state index contributed by atoms with van der Waals surface area (Å²) in [4.78, 5) is 23.9. The van der Waals surface area contributed by atoms with Crippen molar-refractivity contribution in [2.75, 3.05) is 11.9 Å². The van der Waals surface area contributed by atoms with Gasteiger partial charge in [0.15, 0.2) is 6.61 Å². The Morgan fingerprint density at radius 1 is 1.14 bits per heavy atom. The SMILES string of the molecule is Cc1cccc(C(C)C)c1NC(=O)COC(=O)/C=C/c1cccc(C(F)(F)F)c1. The zero-order valence-corrected chi connectivity index (χ0v) is 16.3. The van der Waals surface area contributed by atoms with Crippen molar-refractivity contribution in [3.8, 4) is 0 Å². The maximum absolute atomic E-state index is 12.7. The number of esters is 1. The molecule has 2 aromatic carbocycles. The van der Waals surface area contributed by atoms with E-state index in [9.17, 15) is 22.8 Å². The first-order valence-corrected chi connectivity index (χ1v) is 8.99. The Morgan fingerprint density at radius 3 is 2.48 bits per heavy atom. The van der Waals surface area contributed by atoms with Crippen molar-refractivity contribution in [1.29, 1.82) is 0 Å². The van der Waals surface area contributed by atoms with E-state index in [2.05, 4.69) is 5.32 Å². The van der Waals surface area contributed by atoms with Crippen LogP contribution in [-0.2, 0) is 20.5 Å². The first-order chi connectivity index (χ1) is 13.6. The number of halogens is 3. The van der Waals surface area contributed by atoms with Gasteiger partial charge in [-0.3, -0.25) is 4.79 Å². The van der Waals surface area contributed by atoms with Gasteiger partial charge in [0.05, 0.1) is 5.56 Å². The standard InChI is InChI=1S/C22H22F3NO3/c1-14(2)18-9-4-6-15(3)21(18)26-19(27)13-29-20(28)11-10-16-7-5-8-17(12-16)22(23,24)25/h4-12,14H,13H2,1-3H3,(H,26,27)/b11-10+. The summed E-state index contributed by atoms with van der Waals surface area (Å²) < 4.78 is 43.0. The summed E-state index contributed by atoms with van der Waals surface area (Å²) in [5.41, 5.74) is 1.92. The third kappa shape index (κ3) is 6.48. The highest BCUT2D eigenvalue weighted by Gasteiger charge is 2.30. The zero-order valence-electron chi connectivity index (χ0n) is 16.3. The second-order valence-electron chi connectivity index (χ2n) is 6.81. The number of nitrogens with one attached hydrogen (secondary N) is 1. The third-order valence-electron chi connectivity index (χ3n) is 4.16. The molecule has 0 aromatic heterocycles. The van der Waals surface area contributed by atoms with Crippen LogP contribution >= 0.6 is 0 Å². The third-order valence-corrected chi connectivity index (χ3v) is 4.16. The van der Waals surface area contributed by atoms with Gasteiger partial charge in [0, 0.05) is 11.8 Å². The lowest BCUT2D eigenvalue weighted by Gasteiger charge is -2.16. The van der Waals surface area contributed by atoms with Crippen LogP contribution in [0.1, 0.15) is 42.0 Å². The molecule has 0 bridgehead atoms. The largest absolute Gasteiger partial charge is 0.452 e. The van der Waals surface area contributed by atoms with E-state index in [1.807, 2.05) is 39.0 Å². The number of carbonyl (C=O) groups is 2. The molecule has 0 spiro atoms. The summed E-state index contributed by atoms with van der Waals surface area (Å²) >= 11 is 0. The van der Waals surface area contributed by atoms with Gasteiger partial charge >= 0.3 is 12.1 Å². The molecule has 0 saturated carbocycles. The van der Waals surface area contributed by atoms with Gasteiger partial charge in [-0.05, 0) is 47.7 Å². The van der Waals surface area contributed by atoms with Gasteiger partial charge in [-0.25, -0.2) is 4.79 Å². The average Bonchev–Trinajstić information content (AvgIpc) is 2.65. The van der Waals surface area contributed by atoms with E-state index < -0.39 is 30.2 Å². The number of hydrogen-bond donors (Lipinski definition) is 1. The number of carbonyl (C=O) groups excluding carboxylic acids is 2. The predicted octanol–water partition coefficient (Wildman–Crippen LogP) is 5.33. The second kappa shape index (κ2) is 9.41. The van der Waals surface area contributed by atoms with Crippen molar-refractivity contribution in [1.82, 2.24) is 0 Å². The summed E-state index contributed by atoms with van der Waals surface area (Å²) in [5.74, 6) is -1.13. The van der Waals surface area contributed by atoms with Gasteiger partial charge in [0.25, 0.3) is 5.91 Å². The Bertz CT molecular complexity index is 918. The molecule has 7 heteroatoms. The van der Waals surface area contributed by atoms with Crippen LogP contribution in [0.4, 0.5) is 18.9 Å². The molecule has 154 valence electrons. The highest BCUT2D eigenvalue weighted by Crippen LogP contribution is 2.30. The topological polar surface area (TPSA) is 55.4 Å². The van der Waals surface area contributed by atoms with Crippen LogP contribution in [0.15, 0.2) is 48.5 Å². The summed E-state index contributed by atoms with van der Waals surface area (Å²) in [6.45, 7) is 5.37. The maximum atomic E-state index is 12.7. The van der Waals surface area contributed by atoms with Crippen molar-refractivity contribution in [2.24, 2.45) is 0 Å². The Morgan fingerprint density at radius 2 is 1.83 bits per heavy atom. The average molecular weight is 405 g/mol. The molecule has 0 aliphatic rings. The first kappa shape index (κ1) is 22.2. The van der Waals surface area contributed by atoms with Gasteiger partial charge in [-0.1, -0.05) is 44.2 Å². The molecule has 0 aliphatic carbocycles. The summed E-state index contributed by atoms with van der Waals surface area (Å²) in [5, 5.41) is 2.75. The minimum absolute atomic E-state index is 0.197. The Hall–Kier alpha value is -3.09. The van der Waals surface area contributed by atoms with Crippen molar-refractivity contribution >= 4 is 23.6 Å². The van der Waals surface area contributed by atoms with E-state index >= 15 is 0 Å². The molecule has 0 unspecified atom stereocenters. The molecule has 0 atom stereocenters. The quantitative estimate of drug-likeness (QED) is 0.522. The number of anilines is 1. The lowest BCUT2D eigenvalue weighted by molar-refractivity contribution is -0.142. The Kier molecular flexibility index (Phi) is 7.20. The molecule has 0 aliphatic heterocycles.